The summed E-state index contributed by atoms with van der Waals surface area (Å²) in [4.78, 5) is 2.56. The highest BCUT2D eigenvalue weighted by molar-refractivity contribution is 9.10. The van der Waals surface area contributed by atoms with Crippen LogP contribution in [0.1, 0.15) is 45.6 Å². The van der Waals surface area contributed by atoms with Gasteiger partial charge in [0.05, 0.1) is 0 Å². The summed E-state index contributed by atoms with van der Waals surface area (Å²) in [5.41, 5.74) is 2.71. The van der Waals surface area contributed by atoms with Crippen LogP contribution in [0.5, 0.6) is 0 Å². The molecule has 1 aliphatic rings. The van der Waals surface area contributed by atoms with Crippen molar-refractivity contribution in [3.8, 4) is 0 Å². The van der Waals surface area contributed by atoms with Gasteiger partial charge in [-0.3, -0.25) is 0 Å². The Morgan fingerprint density at radius 2 is 2.10 bits per heavy atom. The van der Waals surface area contributed by atoms with Crippen molar-refractivity contribution >= 4 is 21.6 Å². The van der Waals surface area contributed by atoms with Gasteiger partial charge in [-0.05, 0) is 55.3 Å². The maximum absolute atomic E-state index is 3.73. The molecule has 0 saturated carbocycles. The summed E-state index contributed by atoms with van der Waals surface area (Å²) in [5, 5.41) is 3.39. The minimum absolute atomic E-state index is 0.819. The molecule has 1 atom stereocenters. The molecule has 1 aromatic rings. The van der Waals surface area contributed by atoms with Crippen LogP contribution < -0.4 is 10.2 Å². The molecular weight excluding hydrogens is 324 g/mol. The fourth-order valence-corrected chi connectivity index (χ4v) is 3.69. The maximum atomic E-state index is 3.73. The van der Waals surface area contributed by atoms with Gasteiger partial charge >= 0.3 is 0 Å². The third-order valence-corrected chi connectivity index (χ3v) is 5.42. The highest BCUT2D eigenvalue weighted by atomic mass is 79.9. The van der Waals surface area contributed by atoms with Gasteiger partial charge in [-0.2, -0.15) is 0 Å². The summed E-state index contributed by atoms with van der Waals surface area (Å²) in [5.74, 6) is 1.71. The lowest BCUT2D eigenvalue weighted by Gasteiger charge is -2.24. The lowest BCUT2D eigenvalue weighted by Crippen LogP contribution is -2.24. The second-order valence-corrected chi connectivity index (χ2v) is 7.33. The van der Waals surface area contributed by atoms with Crippen molar-refractivity contribution in [2.75, 3.05) is 24.5 Å². The van der Waals surface area contributed by atoms with Crippen LogP contribution in [0.25, 0.3) is 0 Å². The summed E-state index contributed by atoms with van der Waals surface area (Å²) >= 11 is 3.73. The highest BCUT2D eigenvalue weighted by Gasteiger charge is 2.19. The largest absolute Gasteiger partial charge is 0.371 e. The van der Waals surface area contributed by atoms with Crippen molar-refractivity contribution in [1.82, 2.24) is 5.32 Å². The van der Waals surface area contributed by atoms with Crippen molar-refractivity contribution < 1.29 is 0 Å². The first kappa shape index (κ1) is 16.8. The maximum Gasteiger partial charge on any atom is 0.0377 e. The molecular formula is C18H29BrN2. The van der Waals surface area contributed by atoms with E-state index < -0.39 is 0 Å². The number of benzene rings is 1. The molecule has 1 aromatic carbocycles. The van der Waals surface area contributed by atoms with Crippen LogP contribution in [0.3, 0.4) is 0 Å². The lowest BCUT2D eigenvalue weighted by molar-refractivity contribution is 0.351. The van der Waals surface area contributed by atoms with Crippen LogP contribution in [0, 0.1) is 11.8 Å². The van der Waals surface area contributed by atoms with E-state index in [1.54, 1.807) is 0 Å². The molecule has 2 rings (SSSR count). The van der Waals surface area contributed by atoms with Gasteiger partial charge in [0.2, 0.25) is 0 Å². The smallest absolute Gasteiger partial charge is 0.0377 e. The highest BCUT2D eigenvalue weighted by Crippen LogP contribution is 2.29. The Labute approximate surface area is 138 Å². The van der Waals surface area contributed by atoms with E-state index in [9.17, 15) is 0 Å². The molecule has 0 radical (unpaired) electrons. The minimum atomic E-state index is 0.819. The molecule has 1 N–H and O–H groups in total. The lowest BCUT2D eigenvalue weighted by atomic mass is 9.89. The number of hydrogen-bond donors (Lipinski definition) is 1. The quantitative estimate of drug-likeness (QED) is 0.816. The van der Waals surface area contributed by atoms with E-state index in [1.807, 2.05) is 0 Å². The van der Waals surface area contributed by atoms with Crippen LogP contribution in [-0.4, -0.2) is 19.6 Å². The Morgan fingerprint density at radius 3 is 2.76 bits per heavy atom. The molecule has 0 aliphatic carbocycles. The van der Waals surface area contributed by atoms with E-state index in [-0.39, 0.29) is 0 Å². The van der Waals surface area contributed by atoms with Gasteiger partial charge in [-0.15, -0.1) is 0 Å². The molecule has 0 bridgehead atoms. The molecule has 1 saturated heterocycles. The predicted octanol–water partition coefficient (Wildman–Crippen LogP) is 4.82. The summed E-state index contributed by atoms with van der Waals surface area (Å²) in [6.07, 6.45) is 4.03. The molecule has 2 nitrogen and oxygen atoms in total. The first-order valence-corrected chi connectivity index (χ1v) is 9.15. The molecule has 21 heavy (non-hydrogen) atoms. The van der Waals surface area contributed by atoms with Crippen LogP contribution in [-0.2, 0) is 6.54 Å². The average molecular weight is 353 g/mol. The van der Waals surface area contributed by atoms with Gasteiger partial charge < -0.3 is 10.2 Å². The minimum Gasteiger partial charge on any atom is -0.371 e. The predicted molar refractivity (Wildman–Crippen MR) is 95.9 cm³/mol. The zero-order valence-corrected chi connectivity index (χ0v) is 15.2. The van der Waals surface area contributed by atoms with E-state index in [4.69, 9.17) is 0 Å². The number of rotatable bonds is 5. The van der Waals surface area contributed by atoms with Gasteiger partial charge in [0, 0.05) is 29.8 Å². The van der Waals surface area contributed by atoms with E-state index >= 15 is 0 Å². The van der Waals surface area contributed by atoms with Crippen molar-refractivity contribution in [2.24, 2.45) is 11.8 Å². The van der Waals surface area contributed by atoms with Crippen molar-refractivity contribution in [1.29, 1.82) is 0 Å². The van der Waals surface area contributed by atoms with E-state index in [0.717, 1.165) is 24.9 Å². The first-order valence-electron chi connectivity index (χ1n) is 8.36. The van der Waals surface area contributed by atoms with Crippen LogP contribution >= 0.6 is 15.9 Å². The Balaban J connectivity index is 2.03. The zero-order chi connectivity index (χ0) is 15.2. The number of nitrogens with zero attached hydrogens (tertiary/aromatic N) is 1. The van der Waals surface area contributed by atoms with Crippen molar-refractivity contribution in [3.63, 3.8) is 0 Å². The summed E-state index contributed by atoms with van der Waals surface area (Å²) in [6.45, 7) is 11.2. The van der Waals surface area contributed by atoms with Crippen LogP contribution in [0.15, 0.2) is 22.7 Å². The Morgan fingerprint density at radius 1 is 1.29 bits per heavy atom. The van der Waals surface area contributed by atoms with Gasteiger partial charge in [0.15, 0.2) is 0 Å². The summed E-state index contributed by atoms with van der Waals surface area (Å²) in [6, 6.07) is 6.84. The van der Waals surface area contributed by atoms with Gasteiger partial charge in [-0.25, -0.2) is 0 Å². The van der Waals surface area contributed by atoms with E-state index in [0.29, 0.717) is 0 Å². The summed E-state index contributed by atoms with van der Waals surface area (Å²) in [7, 11) is 0. The SMILES string of the molecule is CCNCc1ccc(N2CCCC(C(C)C)CC2)cc1Br. The molecule has 1 fully saturated rings. The molecule has 1 aliphatic heterocycles. The normalized spacial score (nSPS) is 19.9. The van der Waals surface area contributed by atoms with Crippen molar-refractivity contribution in [2.45, 2.75) is 46.6 Å². The number of hydrogen-bond acceptors (Lipinski definition) is 2. The molecule has 0 amide bonds. The second-order valence-electron chi connectivity index (χ2n) is 6.48. The third-order valence-electron chi connectivity index (χ3n) is 4.68. The zero-order valence-electron chi connectivity index (χ0n) is 13.7. The van der Waals surface area contributed by atoms with Gasteiger partial charge in [0.25, 0.3) is 0 Å². The number of anilines is 1. The average Bonchev–Trinajstić information content (AvgIpc) is 2.72. The fourth-order valence-electron chi connectivity index (χ4n) is 3.18. The van der Waals surface area contributed by atoms with Gasteiger partial charge in [0.1, 0.15) is 0 Å². The van der Waals surface area contributed by atoms with E-state index in [1.165, 1.54) is 48.1 Å². The van der Waals surface area contributed by atoms with Gasteiger partial charge in [-0.1, -0.05) is 42.8 Å². The third kappa shape index (κ3) is 4.72. The molecule has 3 heteroatoms. The van der Waals surface area contributed by atoms with Crippen LogP contribution in [0.4, 0.5) is 5.69 Å². The first-order chi connectivity index (χ1) is 10.1. The number of halogens is 1. The summed E-state index contributed by atoms with van der Waals surface area (Å²) < 4.78 is 1.23. The molecule has 0 aromatic heterocycles. The molecule has 118 valence electrons. The molecule has 1 heterocycles. The monoisotopic (exact) mass is 352 g/mol. The van der Waals surface area contributed by atoms with Crippen molar-refractivity contribution in [3.05, 3.63) is 28.2 Å². The topological polar surface area (TPSA) is 15.3 Å². The Kier molecular flexibility index (Phi) is 6.56. The second kappa shape index (κ2) is 8.19. The Bertz CT molecular complexity index is 445. The van der Waals surface area contributed by atoms with Crippen LogP contribution in [0.2, 0.25) is 0 Å². The standard InChI is InChI=1S/C18H29BrN2/c1-4-20-13-16-7-8-17(12-18(16)19)21-10-5-6-15(9-11-21)14(2)3/h7-8,12,14-15,20H,4-6,9-11,13H2,1-3H3. The Hall–Kier alpha value is -0.540. The molecule has 1 unspecified atom stereocenters. The molecule has 0 spiro atoms. The number of nitrogens with one attached hydrogen (secondary N) is 1. The van der Waals surface area contributed by atoms with E-state index in [2.05, 4.69) is 65.1 Å². The fraction of sp³-hybridized carbons (Fsp3) is 0.667.